The number of piperidine rings is 1. The molecule has 4 aliphatic rings. The van der Waals surface area contributed by atoms with Gasteiger partial charge in [-0.15, -0.1) is 0 Å². The molecule has 1 saturated carbocycles. The summed E-state index contributed by atoms with van der Waals surface area (Å²) in [6, 6.07) is 17.5. The summed E-state index contributed by atoms with van der Waals surface area (Å²) in [5, 5.41) is 9.71. The van der Waals surface area contributed by atoms with Crippen LogP contribution in [0.2, 0.25) is 0 Å². The van der Waals surface area contributed by atoms with Crippen LogP contribution in [-0.4, -0.2) is 59.8 Å². The molecular formula is C34H39N3O4. The summed E-state index contributed by atoms with van der Waals surface area (Å²) in [7, 11) is 0. The van der Waals surface area contributed by atoms with Crippen molar-refractivity contribution in [2.24, 2.45) is 11.3 Å². The number of nitrogens with zero attached hydrogens (tertiary/aromatic N) is 3. The fourth-order valence-corrected chi connectivity index (χ4v) is 7.28. The highest BCUT2D eigenvalue weighted by Gasteiger charge is 2.65. The van der Waals surface area contributed by atoms with Gasteiger partial charge in [-0.1, -0.05) is 29.8 Å². The number of aromatic nitrogens is 1. The fraction of sp³-hybridized carbons (Fsp3) is 0.471. The Balaban J connectivity index is 1.08. The molecule has 0 bridgehead atoms. The molecule has 3 aliphatic heterocycles. The van der Waals surface area contributed by atoms with E-state index in [1.54, 1.807) is 0 Å². The lowest BCUT2D eigenvalue weighted by Crippen LogP contribution is -2.42. The first-order valence-corrected chi connectivity index (χ1v) is 15.0. The SMILES string of the molecule is Cc1ccc(OCc2cc(C)c3c(c2)CCN(C2CCOCC2)C3)c(-c2cccc(N3CC4C[C@]4(C(=O)O)C3)n2)c1. The Kier molecular flexibility index (Phi) is 6.75. The molecule has 1 aliphatic carbocycles. The summed E-state index contributed by atoms with van der Waals surface area (Å²) in [5.41, 5.74) is 7.85. The maximum Gasteiger partial charge on any atom is 0.311 e. The first-order valence-electron chi connectivity index (χ1n) is 15.0. The summed E-state index contributed by atoms with van der Waals surface area (Å²) in [6.07, 6.45) is 4.14. The Labute approximate surface area is 242 Å². The molecule has 7 rings (SSSR count). The summed E-state index contributed by atoms with van der Waals surface area (Å²) < 4.78 is 12.1. The van der Waals surface area contributed by atoms with Gasteiger partial charge in [0.05, 0.1) is 11.1 Å². The molecule has 1 N–H and O–H groups in total. The Bertz CT molecular complexity index is 1480. The average molecular weight is 554 g/mol. The van der Waals surface area contributed by atoms with Gasteiger partial charge in [-0.2, -0.15) is 0 Å². The number of hydrogen-bond acceptors (Lipinski definition) is 6. The molecule has 7 heteroatoms. The smallest absolute Gasteiger partial charge is 0.311 e. The van der Waals surface area contributed by atoms with Crippen molar-refractivity contribution in [1.82, 2.24) is 9.88 Å². The number of pyridine rings is 1. The number of hydrogen-bond donors (Lipinski definition) is 1. The molecule has 2 atom stereocenters. The molecule has 0 amide bonds. The molecule has 7 nitrogen and oxygen atoms in total. The van der Waals surface area contributed by atoms with Crippen LogP contribution in [0.25, 0.3) is 11.3 Å². The highest BCUT2D eigenvalue weighted by molar-refractivity contribution is 5.81. The van der Waals surface area contributed by atoms with Gasteiger partial charge in [-0.3, -0.25) is 9.69 Å². The van der Waals surface area contributed by atoms with E-state index in [2.05, 4.69) is 47.9 Å². The molecule has 1 aromatic heterocycles. The average Bonchev–Trinajstić information content (AvgIpc) is 3.57. The minimum atomic E-state index is -0.676. The van der Waals surface area contributed by atoms with Crippen LogP contribution in [0.1, 0.15) is 47.1 Å². The highest BCUT2D eigenvalue weighted by atomic mass is 16.5. The third-order valence-electron chi connectivity index (χ3n) is 9.80. The third kappa shape index (κ3) is 4.99. The van der Waals surface area contributed by atoms with E-state index in [1.807, 2.05) is 24.3 Å². The lowest BCUT2D eigenvalue weighted by Gasteiger charge is -2.38. The molecule has 2 saturated heterocycles. The van der Waals surface area contributed by atoms with Gasteiger partial charge in [-0.05, 0) is 92.0 Å². The second kappa shape index (κ2) is 10.4. The van der Waals surface area contributed by atoms with Crippen LogP contribution in [0.3, 0.4) is 0 Å². The summed E-state index contributed by atoms with van der Waals surface area (Å²) in [5.74, 6) is 1.20. The molecule has 214 valence electrons. The van der Waals surface area contributed by atoms with E-state index >= 15 is 0 Å². The number of fused-ring (bicyclic) bond motifs is 2. The van der Waals surface area contributed by atoms with E-state index in [9.17, 15) is 9.90 Å². The second-order valence-electron chi connectivity index (χ2n) is 12.5. The number of carbonyl (C=O) groups is 1. The number of carboxylic acids is 1. The number of carboxylic acid groups (broad SMARTS) is 1. The van der Waals surface area contributed by atoms with Crippen molar-refractivity contribution in [3.8, 4) is 17.0 Å². The molecule has 3 aromatic rings. The zero-order valence-corrected chi connectivity index (χ0v) is 24.1. The zero-order valence-electron chi connectivity index (χ0n) is 24.1. The summed E-state index contributed by atoms with van der Waals surface area (Å²) in [4.78, 5) is 21.6. The van der Waals surface area contributed by atoms with Crippen molar-refractivity contribution in [1.29, 1.82) is 0 Å². The molecular weight excluding hydrogens is 514 g/mol. The minimum Gasteiger partial charge on any atom is -0.488 e. The molecule has 0 spiro atoms. The van der Waals surface area contributed by atoms with Crippen molar-refractivity contribution < 1.29 is 19.4 Å². The number of anilines is 1. The quantitative estimate of drug-likeness (QED) is 0.420. The lowest BCUT2D eigenvalue weighted by molar-refractivity contribution is -0.143. The maximum absolute atomic E-state index is 11.8. The molecule has 2 aromatic carbocycles. The number of ether oxygens (including phenoxy) is 2. The Hall–Kier alpha value is -3.42. The van der Waals surface area contributed by atoms with E-state index in [4.69, 9.17) is 14.5 Å². The van der Waals surface area contributed by atoms with Crippen molar-refractivity contribution in [2.75, 3.05) is 37.7 Å². The van der Waals surface area contributed by atoms with Gasteiger partial charge < -0.3 is 19.5 Å². The topological polar surface area (TPSA) is 75.1 Å². The Morgan fingerprint density at radius 3 is 2.80 bits per heavy atom. The molecule has 1 unspecified atom stereocenters. The monoisotopic (exact) mass is 553 g/mol. The minimum absolute atomic E-state index is 0.230. The van der Waals surface area contributed by atoms with Gasteiger partial charge >= 0.3 is 5.97 Å². The van der Waals surface area contributed by atoms with Gasteiger partial charge in [0.15, 0.2) is 0 Å². The Morgan fingerprint density at radius 1 is 1.15 bits per heavy atom. The largest absolute Gasteiger partial charge is 0.488 e. The van der Waals surface area contributed by atoms with Crippen LogP contribution in [-0.2, 0) is 29.1 Å². The van der Waals surface area contributed by atoms with Gasteiger partial charge in [0.25, 0.3) is 0 Å². The van der Waals surface area contributed by atoms with Crippen molar-refractivity contribution >= 4 is 11.8 Å². The number of benzene rings is 2. The second-order valence-corrected chi connectivity index (χ2v) is 12.5. The van der Waals surface area contributed by atoms with E-state index in [0.29, 0.717) is 19.2 Å². The van der Waals surface area contributed by atoms with Crippen molar-refractivity contribution in [3.05, 3.63) is 76.3 Å². The van der Waals surface area contributed by atoms with Crippen LogP contribution in [0, 0.1) is 25.2 Å². The van der Waals surface area contributed by atoms with Gasteiger partial charge in [0, 0.05) is 51.0 Å². The normalized spacial score (nSPS) is 24.1. The van der Waals surface area contributed by atoms with Crippen LogP contribution >= 0.6 is 0 Å². The first kappa shape index (κ1) is 26.5. The van der Waals surface area contributed by atoms with Gasteiger partial charge in [0.1, 0.15) is 18.2 Å². The molecule has 4 heterocycles. The molecule has 3 fully saturated rings. The van der Waals surface area contributed by atoms with Crippen molar-refractivity contribution in [3.63, 3.8) is 0 Å². The summed E-state index contributed by atoms with van der Waals surface area (Å²) >= 11 is 0. The first-order chi connectivity index (χ1) is 19.9. The number of rotatable bonds is 7. The van der Waals surface area contributed by atoms with Crippen LogP contribution in [0.5, 0.6) is 5.75 Å². The number of aryl methyl sites for hydroxylation is 2. The zero-order chi connectivity index (χ0) is 28.1. The Morgan fingerprint density at radius 2 is 2.00 bits per heavy atom. The standard InChI is InChI=1S/C34H39N3O4/c1-22-6-7-31(28(14-22)30-4-3-5-32(35-30)37-18-26-17-34(26,21-37)33(38)39)41-20-24-15-23(2)29-19-36(11-8-25(29)16-24)27-9-12-40-13-10-27/h3-7,14-16,26-27H,8-13,17-21H2,1-2H3,(H,38,39)/t26?,34-/m0/s1. The maximum atomic E-state index is 11.8. The van der Waals surface area contributed by atoms with Gasteiger partial charge in [0.2, 0.25) is 0 Å². The lowest BCUT2D eigenvalue weighted by atomic mass is 9.91. The van der Waals surface area contributed by atoms with Crippen LogP contribution in [0.4, 0.5) is 5.82 Å². The van der Waals surface area contributed by atoms with E-state index in [-0.39, 0.29) is 5.92 Å². The van der Waals surface area contributed by atoms with Crippen LogP contribution in [0.15, 0.2) is 48.5 Å². The van der Waals surface area contributed by atoms with E-state index in [0.717, 1.165) is 86.9 Å². The fourth-order valence-electron chi connectivity index (χ4n) is 7.28. The predicted molar refractivity (Wildman–Crippen MR) is 158 cm³/mol. The van der Waals surface area contributed by atoms with Gasteiger partial charge in [-0.25, -0.2) is 4.98 Å². The number of aliphatic carboxylic acids is 1. The highest BCUT2D eigenvalue weighted by Crippen LogP contribution is 2.58. The van der Waals surface area contributed by atoms with Crippen LogP contribution < -0.4 is 9.64 Å². The predicted octanol–water partition coefficient (Wildman–Crippen LogP) is 5.39. The van der Waals surface area contributed by atoms with E-state index in [1.165, 1.54) is 22.3 Å². The summed E-state index contributed by atoms with van der Waals surface area (Å²) in [6.45, 7) is 10.0. The third-order valence-corrected chi connectivity index (χ3v) is 9.80. The molecule has 41 heavy (non-hydrogen) atoms. The van der Waals surface area contributed by atoms with E-state index < -0.39 is 11.4 Å². The molecule has 0 radical (unpaired) electrons. The van der Waals surface area contributed by atoms with Crippen molar-refractivity contribution in [2.45, 2.75) is 58.7 Å².